The van der Waals surface area contributed by atoms with E-state index in [0.717, 1.165) is 0 Å². The number of halogens is 2. The molecule has 152 valence electrons. The number of sulfonamides is 1. The van der Waals surface area contributed by atoms with Crippen molar-refractivity contribution in [3.05, 3.63) is 58.9 Å². The maximum atomic E-state index is 13.8. The van der Waals surface area contributed by atoms with E-state index >= 15 is 0 Å². The molecule has 0 saturated carbocycles. The summed E-state index contributed by atoms with van der Waals surface area (Å²) in [5, 5.41) is 0.232. The van der Waals surface area contributed by atoms with Gasteiger partial charge in [-0.05, 0) is 43.3 Å². The first-order valence-corrected chi connectivity index (χ1v) is 10.5. The molecule has 0 radical (unpaired) electrons. The van der Waals surface area contributed by atoms with E-state index in [-0.39, 0.29) is 40.9 Å². The number of carbonyl (C=O) groups is 1. The zero-order valence-corrected chi connectivity index (χ0v) is 17.2. The minimum atomic E-state index is -3.74. The van der Waals surface area contributed by atoms with Gasteiger partial charge in [0.1, 0.15) is 11.6 Å². The van der Waals surface area contributed by atoms with E-state index in [4.69, 9.17) is 16.3 Å². The van der Waals surface area contributed by atoms with E-state index in [1.165, 1.54) is 36.2 Å². The van der Waals surface area contributed by atoms with Crippen LogP contribution in [0, 0.1) is 5.82 Å². The molecule has 0 bridgehead atoms. The Labute approximate surface area is 169 Å². The summed E-state index contributed by atoms with van der Waals surface area (Å²) >= 11 is 5.96. The molecule has 0 atom stereocenters. The second kappa shape index (κ2) is 9.86. The van der Waals surface area contributed by atoms with Crippen molar-refractivity contribution in [1.82, 2.24) is 9.62 Å². The van der Waals surface area contributed by atoms with Gasteiger partial charge in [-0.15, -0.1) is 0 Å². The van der Waals surface area contributed by atoms with Crippen molar-refractivity contribution in [2.24, 2.45) is 0 Å². The molecular formula is C19H22ClFN2O4S. The topological polar surface area (TPSA) is 75.7 Å². The van der Waals surface area contributed by atoms with Crippen LogP contribution in [0.1, 0.15) is 18.9 Å². The fraction of sp³-hybridized carbons (Fsp3) is 0.316. The number of hydrogen-bond acceptors (Lipinski definition) is 4. The summed E-state index contributed by atoms with van der Waals surface area (Å²) in [6.07, 6.45) is -0.0706. The van der Waals surface area contributed by atoms with E-state index < -0.39 is 15.8 Å². The lowest BCUT2D eigenvalue weighted by atomic mass is 10.2. The van der Waals surface area contributed by atoms with Gasteiger partial charge in [-0.3, -0.25) is 4.79 Å². The van der Waals surface area contributed by atoms with Crippen LogP contribution in [0.5, 0.6) is 5.75 Å². The average molecular weight is 429 g/mol. The van der Waals surface area contributed by atoms with Gasteiger partial charge in [-0.2, -0.15) is 0 Å². The highest BCUT2D eigenvalue weighted by Gasteiger charge is 2.17. The SMILES string of the molecule is CCOc1ccc(S(=O)(=O)NCCC(=O)N(C)Cc2c(F)cccc2Cl)cc1. The van der Waals surface area contributed by atoms with E-state index in [0.29, 0.717) is 12.4 Å². The number of amides is 1. The van der Waals surface area contributed by atoms with Gasteiger partial charge in [0.2, 0.25) is 15.9 Å². The quantitative estimate of drug-likeness (QED) is 0.665. The molecule has 0 spiro atoms. The van der Waals surface area contributed by atoms with Gasteiger partial charge in [0.05, 0.1) is 11.5 Å². The largest absolute Gasteiger partial charge is 0.494 e. The lowest BCUT2D eigenvalue weighted by molar-refractivity contribution is -0.130. The van der Waals surface area contributed by atoms with Crippen LogP contribution in [-0.4, -0.2) is 39.4 Å². The Kier molecular flexibility index (Phi) is 7.79. The molecule has 1 N–H and O–H groups in total. The van der Waals surface area contributed by atoms with Crippen molar-refractivity contribution in [3.63, 3.8) is 0 Å². The standard InChI is InChI=1S/C19H22ClFN2O4S/c1-3-27-14-7-9-15(10-8-14)28(25,26)22-12-11-19(24)23(2)13-16-17(20)5-4-6-18(16)21/h4-10,22H,3,11-13H2,1-2H3. The third-order valence-corrected chi connectivity index (χ3v) is 5.79. The third-order valence-electron chi connectivity index (χ3n) is 3.96. The predicted molar refractivity (Wildman–Crippen MR) is 105 cm³/mol. The van der Waals surface area contributed by atoms with Crippen LogP contribution < -0.4 is 9.46 Å². The molecule has 28 heavy (non-hydrogen) atoms. The number of benzene rings is 2. The maximum absolute atomic E-state index is 13.8. The summed E-state index contributed by atoms with van der Waals surface area (Å²) in [5.74, 6) is -0.262. The number of nitrogens with one attached hydrogen (secondary N) is 1. The Bertz CT molecular complexity index is 900. The average Bonchev–Trinajstić information content (AvgIpc) is 2.65. The van der Waals surface area contributed by atoms with Crippen LogP contribution in [0.15, 0.2) is 47.4 Å². The van der Waals surface area contributed by atoms with Crippen LogP contribution in [0.4, 0.5) is 4.39 Å². The predicted octanol–water partition coefficient (Wildman–Crippen LogP) is 3.20. The molecule has 2 rings (SSSR count). The van der Waals surface area contributed by atoms with E-state index in [2.05, 4.69) is 4.72 Å². The minimum Gasteiger partial charge on any atom is -0.494 e. The number of hydrogen-bond donors (Lipinski definition) is 1. The molecule has 0 saturated heterocycles. The minimum absolute atomic E-state index is 0.00399. The smallest absolute Gasteiger partial charge is 0.240 e. The summed E-state index contributed by atoms with van der Waals surface area (Å²) in [6.45, 7) is 2.23. The summed E-state index contributed by atoms with van der Waals surface area (Å²) in [5.41, 5.74) is 0.218. The van der Waals surface area contributed by atoms with Crippen molar-refractivity contribution in [2.75, 3.05) is 20.2 Å². The van der Waals surface area contributed by atoms with Gasteiger partial charge in [-0.1, -0.05) is 17.7 Å². The highest BCUT2D eigenvalue weighted by atomic mass is 35.5. The molecule has 2 aromatic carbocycles. The van der Waals surface area contributed by atoms with E-state index in [1.54, 1.807) is 18.2 Å². The van der Waals surface area contributed by atoms with Gasteiger partial charge in [-0.25, -0.2) is 17.5 Å². The Morgan fingerprint density at radius 2 is 1.89 bits per heavy atom. The first-order chi connectivity index (χ1) is 13.2. The maximum Gasteiger partial charge on any atom is 0.240 e. The Morgan fingerprint density at radius 3 is 2.50 bits per heavy atom. The third kappa shape index (κ3) is 5.92. The lowest BCUT2D eigenvalue weighted by Crippen LogP contribution is -2.32. The Morgan fingerprint density at radius 1 is 1.21 bits per heavy atom. The van der Waals surface area contributed by atoms with Crippen molar-refractivity contribution in [2.45, 2.75) is 24.8 Å². The summed E-state index contributed by atoms with van der Waals surface area (Å²) in [4.78, 5) is 13.6. The molecule has 0 aliphatic carbocycles. The highest BCUT2D eigenvalue weighted by molar-refractivity contribution is 7.89. The summed E-state index contributed by atoms with van der Waals surface area (Å²) in [6, 6.07) is 10.3. The van der Waals surface area contributed by atoms with Gasteiger partial charge in [0, 0.05) is 37.1 Å². The second-order valence-electron chi connectivity index (χ2n) is 6.00. The number of ether oxygens (including phenoxy) is 1. The molecule has 1 amide bonds. The molecule has 9 heteroatoms. The van der Waals surface area contributed by atoms with Gasteiger partial charge >= 0.3 is 0 Å². The van der Waals surface area contributed by atoms with Crippen molar-refractivity contribution >= 4 is 27.5 Å². The lowest BCUT2D eigenvalue weighted by Gasteiger charge is -2.18. The van der Waals surface area contributed by atoms with Crippen molar-refractivity contribution in [1.29, 1.82) is 0 Å². The fourth-order valence-electron chi connectivity index (χ4n) is 2.46. The van der Waals surface area contributed by atoms with Crippen LogP contribution in [0.2, 0.25) is 5.02 Å². The zero-order chi connectivity index (χ0) is 20.7. The number of nitrogens with zero attached hydrogens (tertiary/aromatic N) is 1. The van der Waals surface area contributed by atoms with Crippen LogP contribution in [0.3, 0.4) is 0 Å². The number of carbonyl (C=O) groups excluding carboxylic acids is 1. The van der Waals surface area contributed by atoms with Crippen molar-refractivity contribution in [3.8, 4) is 5.75 Å². The van der Waals surface area contributed by atoms with Crippen LogP contribution in [-0.2, 0) is 21.4 Å². The van der Waals surface area contributed by atoms with Crippen LogP contribution >= 0.6 is 11.6 Å². The normalized spacial score (nSPS) is 11.3. The first-order valence-electron chi connectivity index (χ1n) is 8.64. The van der Waals surface area contributed by atoms with E-state index in [9.17, 15) is 17.6 Å². The van der Waals surface area contributed by atoms with Crippen LogP contribution in [0.25, 0.3) is 0 Å². The molecule has 0 heterocycles. The number of rotatable bonds is 9. The molecule has 0 aliphatic heterocycles. The summed E-state index contributed by atoms with van der Waals surface area (Å²) in [7, 11) is -2.24. The molecule has 2 aromatic rings. The Hall–Kier alpha value is -2.16. The van der Waals surface area contributed by atoms with Gasteiger partial charge in [0.25, 0.3) is 0 Å². The second-order valence-corrected chi connectivity index (χ2v) is 8.18. The molecule has 0 aliphatic rings. The van der Waals surface area contributed by atoms with Gasteiger partial charge in [0.15, 0.2) is 0 Å². The molecular weight excluding hydrogens is 407 g/mol. The molecule has 0 unspecified atom stereocenters. The first kappa shape index (κ1) is 22.1. The molecule has 0 fully saturated rings. The highest BCUT2D eigenvalue weighted by Crippen LogP contribution is 2.20. The van der Waals surface area contributed by atoms with Crippen molar-refractivity contribution < 1.29 is 22.3 Å². The monoisotopic (exact) mass is 428 g/mol. The Balaban J connectivity index is 1.89. The molecule has 6 nitrogen and oxygen atoms in total. The molecule has 0 aromatic heterocycles. The van der Waals surface area contributed by atoms with E-state index in [1.807, 2.05) is 6.92 Å². The zero-order valence-electron chi connectivity index (χ0n) is 15.6. The fourth-order valence-corrected chi connectivity index (χ4v) is 3.71. The van der Waals surface area contributed by atoms with Gasteiger partial charge < -0.3 is 9.64 Å². The summed E-state index contributed by atoms with van der Waals surface area (Å²) < 4.78 is 46.1.